The SMILES string of the molecule is COc1ccc2nccc(C(F)CC[C@@H]3CCN(CCSc4ccc(C)s4)C[C@@H]3CC(=O)O)c2c1. The number of nitrogens with zero attached hydrogens (tertiary/aromatic N) is 2. The number of aliphatic carboxylic acids is 1. The Balaban J connectivity index is 1.35. The Morgan fingerprint density at radius 1 is 1.31 bits per heavy atom. The topological polar surface area (TPSA) is 62.7 Å². The number of thiophene rings is 1. The smallest absolute Gasteiger partial charge is 0.303 e. The number of rotatable bonds is 11. The number of methoxy groups -OCH3 is 1. The molecule has 3 atom stereocenters. The summed E-state index contributed by atoms with van der Waals surface area (Å²) in [6.07, 6.45) is 2.65. The summed E-state index contributed by atoms with van der Waals surface area (Å²) in [5, 5.41) is 10.3. The van der Waals surface area contributed by atoms with Crippen LogP contribution in [0.25, 0.3) is 10.9 Å². The van der Waals surface area contributed by atoms with Gasteiger partial charge in [0.1, 0.15) is 11.9 Å². The van der Waals surface area contributed by atoms with Crippen LogP contribution in [-0.4, -0.2) is 53.5 Å². The van der Waals surface area contributed by atoms with E-state index in [0.29, 0.717) is 24.2 Å². The van der Waals surface area contributed by atoms with E-state index in [-0.39, 0.29) is 18.3 Å². The zero-order valence-corrected chi connectivity index (χ0v) is 21.9. The Labute approximate surface area is 214 Å². The van der Waals surface area contributed by atoms with E-state index in [1.54, 1.807) is 19.4 Å². The van der Waals surface area contributed by atoms with E-state index in [9.17, 15) is 9.90 Å². The van der Waals surface area contributed by atoms with Gasteiger partial charge in [-0.2, -0.15) is 0 Å². The summed E-state index contributed by atoms with van der Waals surface area (Å²) < 4.78 is 22.1. The number of aryl methyl sites for hydroxylation is 1. The third kappa shape index (κ3) is 6.96. The average molecular weight is 517 g/mol. The van der Waals surface area contributed by atoms with Gasteiger partial charge in [-0.1, -0.05) is 0 Å². The Bertz CT molecular complexity index is 1140. The van der Waals surface area contributed by atoms with Crippen molar-refractivity contribution in [1.29, 1.82) is 0 Å². The van der Waals surface area contributed by atoms with Crippen molar-refractivity contribution in [3.63, 3.8) is 0 Å². The van der Waals surface area contributed by atoms with E-state index < -0.39 is 12.1 Å². The first-order valence-corrected chi connectivity index (χ1v) is 13.9. The standard InChI is InChI=1S/C27H33FN2O3S2/c1-18-3-8-27(35-18)34-14-13-30-12-10-19(20(17-30)15-26(31)32)4-6-24(28)22-9-11-29-25-7-5-21(33-2)16-23(22)25/h3,5,7-9,11,16,19-20,24H,4,6,10,12-15,17H2,1-2H3,(H,31,32)/t19-,20+,24?/m1/s1. The molecule has 3 heterocycles. The second-order valence-electron chi connectivity index (χ2n) is 9.25. The molecule has 1 aromatic carbocycles. The van der Waals surface area contributed by atoms with Crippen molar-refractivity contribution >= 4 is 40.0 Å². The fraction of sp³-hybridized carbons (Fsp3) is 0.481. The molecule has 0 saturated carbocycles. The van der Waals surface area contributed by atoms with Gasteiger partial charge in [-0.3, -0.25) is 9.78 Å². The number of fused-ring (bicyclic) bond motifs is 1. The number of ether oxygens (including phenoxy) is 1. The van der Waals surface area contributed by atoms with Gasteiger partial charge in [0.25, 0.3) is 0 Å². The molecule has 5 nitrogen and oxygen atoms in total. The molecule has 0 radical (unpaired) electrons. The minimum Gasteiger partial charge on any atom is -0.497 e. The average Bonchev–Trinajstić information content (AvgIpc) is 3.27. The summed E-state index contributed by atoms with van der Waals surface area (Å²) in [6, 6.07) is 11.6. The molecule has 1 aliphatic rings. The molecule has 0 spiro atoms. The van der Waals surface area contributed by atoms with Crippen LogP contribution in [0, 0.1) is 18.8 Å². The monoisotopic (exact) mass is 516 g/mol. The number of benzene rings is 1. The number of thioether (sulfide) groups is 1. The van der Waals surface area contributed by atoms with E-state index in [4.69, 9.17) is 4.74 Å². The van der Waals surface area contributed by atoms with Gasteiger partial charge >= 0.3 is 5.97 Å². The zero-order chi connectivity index (χ0) is 24.8. The van der Waals surface area contributed by atoms with Crippen molar-refractivity contribution in [3.05, 3.63) is 53.0 Å². The van der Waals surface area contributed by atoms with Crippen LogP contribution in [0.3, 0.4) is 0 Å². The maximum atomic E-state index is 15.5. The summed E-state index contributed by atoms with van der Waals surface area (Å²) in [5.74, 6) is 1.18. The van der Waals surface area contributed by atoms with Gasteiger partial charge in [0.15, 0.2) is 0 Å². The fourth-order valence-corrected chi connectivity index (χ4v) is 7.21. The van der Waals surface area contributed by atoms with Crippen molar-refractivity contribution in [3.8, 4) is 5.75 Å². The number of likely N-dealkylation sites (tertiary alicyclic amines) is 1. The number of carboxylic acids is 1. The van der Waals surface area contributed by atoms with Crippen molar-refractivity contribution in [1.82, 2.24) is 9.88 Å². The molecule has 4 rings (SSSR count). The lowest BCUT2D eigenvalue weighted by Gasteiger charge is -2.38. The van der Waals surface area contributed by atoms with E-state index in [2.05, 4.69) is 28.9 Å². The molecule has 1 unspecified atom stereocenters. The van der Waals surface area contributed by atoms with Crippen molar-refractivity contribution in [2.45, 2.75) is 43.0 Å². The molecular weight excluding hydrogens is 483 g/mol. The predicted molar refractivity (Wildman–Crippen MR) is 141 cm³/mol. The Kier molecular flexibility index (Phi) is 9.03. The summed E-state index contributed by atoms with van der Waals surface area (Å²) in [4.78, 5) is 19.6. The summed E-state index contributed by atoms with van der Waals surface area (Å²) >= 11 is 3.68. The third-order valence-electron chi connectivity index (χ3n) is 6.89. The van der Waals surface area contributed by atoms with Crippen LogP contribution in [-0.2, 0) is 4.79 Å². The molecule has 1 saturated heterocycles. The lowest BCUT2D eigenvalue weighted by Crippen LogP contribution is -2.42. The van der Waals surface area contributed by atoms with Crippen LogP contribution in [0.15, 0.2) is 46.8 Å². The minimum atomic E-state index is -1.12. The number of hydrogen-bond donors (Lipinski definition) is 1. The summed E-state index contributed by atoms with van der Waals surface area (Å²) in [6.45, 7) is 4.78. The van der Waals surface area contributed by atoms with Crippen LogP contribution < -0.4 is 4.74 Å². The molecule has 3 aromatic rings. The van der Waals surface area contributed by atoms with Gasteiger partial charge in [0.2, 0.25) is 0 Å². The second-order valence-corrected chi connectivity index (χ2v) is 11.9. The highest BCUT2D eigenvalue weighted by Gasteiger charge is 2.31. The number of halogens is 1. The maximum Gasteiger partial charge on any atom is 0.303 e. The van der Waals surface area contributed by atoms with Crippen LogP contribution in [0.5, 0.6) is 5.75 Å². The number of carboxylic acid groups (broad SMARTS) is 1. The number of alkyl halides is 1. The van der Waals surface area contributed by atoms with Gasteiger partial charge in [0, 0.05) is 41.7 Å². The van der Waals surface area contributed by atoms with Crippen LogP contribution in [0.1, 0.15) is 42.3 Å². The Morgan fingerprint density at radius 2 is 2.17 bits per heavy atom. The molecule has 1 fully saturated rings. The molecule has 0 amide bonds. The lowest BCUT2D eigenvalue weighted by molar-refractivity contribution is -0.139. The Morgan fingerprint density at radius 3 is 2.91 bits per heavy atom. The first-order valence-electron chi connectivity index (χ1n) is 12.1. The highest BCUT2D eigenvalue weighted by molar-refractivity contribution is 8.01. The van der Waals surface area contributed by atoms with Crippen LogP contribution in [0.4, 0.5) is 4.39 Å². The molecule has 35 heavy (non-hydrogen) atoms. The highest BCUT2D eigenvalue weighted by Crippen LogP contribution is 2.36. The number of piperidine rings is 1. The first-order chi connectivity index (χ1) is 16.9. The lowest BCUT2D eigenvalue weighted by atomic mass is 9.79. The van der Waals surface area contributed by atoms with Gasteiger partial charge in [-0.25, -0.2) is 4.39 Å². The second kappa shape index (κ2) is 12.2. The van der Waals surface area contributed by atoms with Gasteiger partial charge in [-0.05, 0) is 86.5 Å². The van der Waals surface area contributed by atoms with E-state index >= 15 is 4.39 Å². The molecular formula is C27H33FN2O3S2. The Hall–Kier alpha value is -2.16. The molecule has 1 aliphatic heterocycles. The molecule has 2 aromatic heterocycles. The van der Waals surface area contributed by atoms with Crippen LogP contribution in [0.2, 0.25) is 0 Å². The van der Waals surface area contributed by atoms with Crippen molar-refractivity contribution in [2.24, 2.45) is 11.8 Å². The number of carbonyl (C=O) groups is 1. The molecule has 1 N–H and O–H groups in total. The van der Waals surface area contributed by atoms with Gasteiger partial charge in [-0.15, -0.1) is 23.1 Å². The predicted octanol–water partition coefficient (Wildman–Crippen LogP) is 6.61. The zero-order valence-electron chi connectivity index (χ0n) is 20.3. The van der Waals surface area contributed by atoms with E-state index in [0.717, 1.165) is 42.7 Å². The van der Waals surface area contributed by atoms with Gasteiger partial charge < -0.3 is 14.7 Å². The van der Waals surface area contributed by atoms with Crippen molar-refractivity contribution < 1.29 is 19.0 Å². The molecule has 0 aliphatic carbocycles. The molecule has 0 bridgehead atoms. The summed E-state index contributed by atoms with van der Waals surface area (Å²) in [5.41, 5.74) is 1.38. The number of aromatic nitrogens is 1. The third-order valence-corrected chi connectivity index (χ3v) is 9.10. The van der Waals surface area contributed by atoms with Gasteiger partial charge in [0.05, 0.1) is 16.8 Å². The molecule has 188 valence electrons. The first kappa shape index (κ1) is 25.9. The minimum absolute atomic E-state index is 0.0525. The maximum absolute atomic E-state index is 15.5. The van der Waals surface area contributed by atoms with Crippen LogP contribution >= 0.6 is 23.1 Å². The largest absolute Gasteiger partial charge is 0.497 e. The summed E-state index contributed by atoms with van der Waals surface area (Å²) in [7, 11) is 1.60. The normalized spacial score (nSPS) is 19.6. The molecule has 8 heteroatoms. The number of pyridine rings is 1. The highest BCUT2D eigenvalue weighted by atomic mass is 32.2. The van der Waals surface area contributed by atoms with E-state index in [1.807, 2.05) is 41.3 Å². The number of hydrogen-bond acceptors (Lipinski definition) is 6. The fourth-order valence-electron chi connectivity index (χ4n) is 5.02. The van der Waals surface area contributed by atoms with Crippen molar-refractivity contribution in [2.75, 3.05) is 32.5 Å². The quantitative estimate of drug-likeness (QED) is 0.289. The van der Waals surface area contributed by atoms with E-state index in [1.165, 1.54) is 9.09 Å².